The molecular formula is C21H22FN3O. The van der Waals surface area contributed by atoms with Gasteiger partial charge in [0, 0.05) is 5.56 Å². The first kappa shape index (κ1) is 16.9. The molecule has 0 radical (unpaired) electrons. The van der Waals surface area contributed by atoms with Gasteiger partial charge < -0.3 is 0 Å². The van der Waals surface area contributed by atoms with E-state index in [1.165, 1.54) is 37.8 Å². The molecule has 0 N–H and O–H groups in total. The third kappa shape index (κ3) is 3.40. The van der Waals surface area contributed by atoms with Gasteiger partial charge in [0.2, 0.25) is 0 Å². The van der Waals surface area contributed by atoms with Gasteiger partial charge >= 0.3 is 0 Å². The average molecular weight is 351 g/mol. The molecule has 0 saturated carbocycles. The van der Waals surface area contributed by atoms with Crippen LogP contribution in [0.25, 0.3) is 0 Å². The number of fused-ring (bicyclic) bond motifs is 1. The number of aliphatic imine (C=N–C) groups is 1. The molecule has 4 nitrogen and oxygen atoms in total. The van der Waals surface area contributed by atoms with Crippen LogP contribution in [0.1, 0.15) is 31.2 Å². The number of likely N-dealkylation sites (tertiary alicyclic amines) is 1. The minimum absolute atomic E-state index is 0.111. The van der Waals surface area contributed by atoms with Gasteiger partial charge in [-0.05, 0) is 50.2 Å². The molecule has 2 heterocycles. The predicted molar refractivity (Wildman–Crippen MR) is 101 cm³/mol. The van der Waals surface area contributed by atoms with Crippen molar-refractivity contribution in [3.63, 3.8) is 0 Å². The number of para-hydroxylation sites is 1. The maximum absolute atomic E-state index is 13.5. The zero-order chi connectivity index (χ0) is 17.9. The highest BCUT2D eigenvalue weighted by molar-refractivity contribution is 6.54. The Balaban J connectivity index is 1.66. The Bertz CT molecular complexity index is 841. The van der Waals surface area contributed by atoms with Gasteiger partial charge in [0.15, 0.2) is 0 Å². The van der Waals surface area contributed by atoms with Gasteiger partial charge in [-0.2, -0.15) is 0 Å². The van der Waals surface area contributed by atoms with E-state index in [-0.39, 0.29) is 11.7 Å². The lowest BCUT2D eigenvalue weighted by Gasteiger charge is -2.26. The molecule has 0 aliphatic carbocycles. The fourth-order valence-corrected chi connectivity index (χ4v) is 3.66. The minimum Gasteiger partial charge on any atom is -0.293 e. The first-order valence-electron chi connectivity index (χ1n) is 9.20. The number of hydrogen-bond donors (Lipinski definition) is 0. The maximum atomic E-state index is 13.5. The summed E-state index contributed by atoms with van der Waals surface area (Å²) in [6.45, 7) is 2.61. The molecule has 0 unspecified atom stereocenters. The van der Waals surface area contributed by atoms with Crippen LogP contribution >= 0.6 is 0 Å². The van der Waals surface area contributed by atoms with E-state index in [1.807, 2.05) is 24.3 Å². The Morgan fingerprint density at radius 3 is 2.50 bits per heavy atom. The molecule has 1 fully saturated rings. The lowest BCUT2D eigenvalue weighted by Crippen LogP contribution is -2.41. The second-order valence-electron chi connectivity index (χ2n) is 6.86. The topological polar surface area (TPSA) is 35.9 Å². The fraction of sp³-hybridized carbons (Fsp3) is 0.333. The van der Waals surface area contributed by atoms with Crippen LogP contribution in [-0.2, 0) is 4.79 Å². The SMILES string of the molecule is O=C1C(=Nc2cccc(F)c2)c2ccccc2N1CN1CCCCCC1. The second kappa shape index (κ2) is 7.38. The molecule has 1 amide bonds. The van der Waals surface area contributed by atoms with Crippen molar-refractivity contribution in [2.45, 2.75) is 25.7 Å². The van der Waals surface area contributed by atoms with Gasteiger partial charge in [0.25, 0.3) is 5.91 Å². The van der Waals surface area contributed by atoms with Crippen molar-refractivity contribution >= 4 is 23.0 Å². The van der Waals surface area contributed by atoms with Crippen LogP contribution in [0.3, 0.4) is 0 Å². The van der Waals surface area contributed by atoms with E-state index >= 15 is 0 Å². The number of carbonyl (C=O) groups is 1. The fourth-order valence-electron chi connectivity index (χ4n) is 3.66. The third-order valence-corrected chi connectivity index (χ3v) is 4.99. The van der Waals surface area contributed by atoms with E-state index in [9.17, 15) is 9.18 Å². The van der Waals surface area contributed by atoms with Gasteiger partial charge in [-0.1, -0.05) is 37.1 Å². The van der Waals surface area contributed by atoms with Crippen molar-refractivity contribution in [2.24, 2.45) is 4.99 Å². The maximum Gasteiger partial charge on any atom is 0.278 e. The van der Waals surface area contributed by atoms with E-state index in [4.69, 9.17) is 0 Å². The van der Waals surface area contributed by atoms with Crippen molar-refractivity contribution < 1.29 is 9.18 Å². The molecule has 2 aromatic rings. The molecule has 26 heavy (non-hydrogen) atoms. The largest absolute Gasteiger partial charge is 0.293 e. The smallest absolute Gasteiger partial charge is 0.278 e. The molecule has 0 spiro atoms. The second-order valence-corrected chi connectivity index (χ2v) is 6.86. The molecule has 0 atom stereocenters. The Kier molecular flexibility index (Phi) is 4.80. The van der Waals surface area contributed by atoms with E-state index in [0.29, 0.717) is 18.1 Å². The quantitative estimate of drug-likeness (QED) is 0.834. The number of amides is 1. The predicted octanol–water partition coefficient (Wildman–Crippen LogP) is 4.13. The first-order chi connectivity index (χ1) is 12.7. The number of halogens is 1. The first-order valence-corrected chi connectivity index (χ1v) is 9.20. The van der Waals surface area contributed by atoms with Crippen molar-refractivity contribution in [1.82, 2.24) is 4.90 Å². The molecule has 2 aliphatic rings. The molecule has 5 heteroatoms. The molecule has 134 valence electrons. The third-order valence-electron chi connectivity index (χ3n) is 4.99. The van der Waals surface area contributed by atoms with Gasteiger partial charge in [-0.25, -0.2) is 9.38 Å². The summed E-state index contributed by atoms with van der Waals surface area (Å²) in [5.74, 6) is -0.466. The van der Waals surface area contributed by atoms with E-state index in [2.05, 4.69) is 9.89 Å². The molecule has 2 aliphatic heterocycles. The van der Waals surface area contributed by atoms with Crippen molar-refractivity contribution in [2.75, 3.05) is 24.7 Å². The van der Waals surface area contributed by atoms with Crippen LogP contribution in [0.2, 0.25) is 0 Å². The average Bonchev–Trinajstić information content (AvgIpc) is 2.82. The van der Waals surface area contributed by atoms with Gasteiger partial charge in [0.1, 0.15) is 11.5 Å². The van der Waals surface area contributed by atoms with Gasteiger partial charge in [-0.15, -0.1) is 0 Å². The summed E-state index contributed by atoms with van der Waals surface area (Å²) in [7, 11) is 0. The van der Waals surface area contributed by atoms with Crippen LogP contribution < -0.4 is 4.90 Å². The standard InChI is InChI=1S/C21H22FN3O/c22-16-8-7-9-17(14-16)23-20-18-10-3-4-11-19(18)25(21(20)26)15-24-12-5-1-2-6-13-24/h3-4,7-11,14H,1-2,5-6,12-13,15H2. The van der Waals surface area contributed by atoms with Crippen LogP contribution in [0.5, 0.6) is 0 Å². The molecule has 2 aromatic carbocycles. The number of carbonyl (C=O) groups excluding carboxylic acids is 1. The molecule has 4 rings (SSSR count). The summed E-state index contributed by atoms with van der Waals surface area (Å²) in [4.78, 5) is 21.7. The number of benzene rings is 2. The Morgan fingerprint density at radius 2 is 1.73 bits per heavy atom. The van der Waals surface area contributed by atoms with Crippen LogP contribution in [-0.4, -0.2) is 36.3 Å². The lowest BCUT2D eigenvalue weighted by atomic mass is 10.1. The van der Waals surface area contributed by atoms with E-state index in [0.717, 1.165) is 24.3 Å². The monoisotopic (exact) mass is 351 g/mol. The van der Waals surface area contributed by atoms with Crippen molar-refractivity contribution in [3.05, 3.63) is 59.9 Å². The Morgan fingerprint density at radius 1 is 0.962 bits per heavy atom. The summed E-state index contributed by atoms with van der Waals surface area (Å²) >= 11 is 0. The minimum atomic E-state index is -0.355. The highest BCUT2D eigenvalue weighted by Gasteiger charge is 2.34. The number of rotatable bonds is 3. The van der Waals surface area contributed by atoms with Gasteiger partial charge in [0.05, 0.1) is 18.0 Å². The number of hydrogen-bond acceptors (Lipinski definition) is 3. The summed E-state index contributed by atoms with van der Waals surface area (Å²) in [5.41, 5.74) is 2.55. The number of anilines is 1. The lowest BCUT2D eigenvalue weighted by molar-refractivity contribution is -0.112. The van der Waals surface area contributed by atoms with Crippen LogP contribution in [0.4, 0.5) is 15.8 Å². The highest BCUT2D eigenvalue weighted by Crippen LogP contribution is 2.31. The summed E-state index contributed by atoms with van der Waals surface area (Å²) in [5, 5.41) is 0. The zero-order valence-electron chi connectivity index (χ0n) is 14.7. The Labute approximate surface area is 153 Å². The molecular weight excluding hydrogens is 329 g/mol. The van der Waals surface area contributed by atoms with Crippen molar-refractivity contribution in [3.8, 4) is 0 Å². The van der Waals surface area contributed by atoms with Gasteiger partial charge in [-0.3, -0.25) is 14.6 Å². The highest BCUT2D eigenvalue weighted by atomic mass is 19.1. The van der Waals surface area contributed by atoms with E-state index in [1.54, 1.807) is 17.0 Å². The van der Waals surface area contributed by atoms with Crippen LogP contribution in [0, 0.1) is 5.82 Å². The zero-order valence-corrected chi connectivity index (χ0v) is 14.7. The summed E-state index contributed by atoms with van der Waals surface area (Å²) < 4.78 is 13.5. The summed E-state index contributed by atoms with van der Waals surface area (Å²) in [6.07, 6.45) is 4.86. The Hall–Kier alpha value is -2.53. The summed E-state index contributed by atoms with van der Waals surface area (Å²) in [6, 6.07) is 13.8. The van der Waals surface area contributed by atoms with Crippen LogP contribution in [0.15, 0.2) is 53.5 Å². The normalized spacial score (nSPS) is 19.7. The molecule has 0 bridgehead atoms. The van der Waals surface area contributed by atoms with E-state index < -0.39 is 0 Å². The molecule has 1 saturated heterocycles. The number of nitrogens with zero attached hydrogens (tertiary/aromatic N) is 3. The molecule has 0 aromatic heterocycles. The van der Waals surface area contributed by atoms with Crippen molar-refractivity contribution in [1.29, 1.82) is 0 Å².